The molecule has 1 aliphatic heterocycles. The Morgan fingerprint density at radius 1 is 1.10 bits per heavy atom. The van der Waals surface area contributed by atoms with E-state index in [1.807, 2.05) is 20.0 Å². The van der Waals surface area contributed by atoms with E-state index in [1.165, 1.54) is 5.56 Å². The largest absolute Gasteiger partial charge is 0.339 e. The smallest absolute Gasteiger partial charge is 0.251 e. The Hall–Kier alpha value is -3.41. The molecule has 2 N–H and O–H groups in total. The van der Waals surface area contributed by atoms with Crippen LogP contribution in [0.4, 0.5) is 5.82 Å². The van der Waals surface area contributed by atoms with Crippen LogP contribution in [0.3, 0.4) is 0 Å². The van der Waals surface area contributed by atoms with Crippen molar-refractivity contribution in [3.05, 3.63) is 82.5 Å². The van der Waals surface area contributed by atoms with Crippen LogP contribution in [0.25, 0.3) is 0 Å². The monoisotopic (exact) mass is 402 g/mol. The van der Waals surface area contributed by atoms with Gasteiger partial charge in [0.2, 0.25) is 5.91 Å². The third kappa shape index (κ3) is 3.49. The summed E-state index contributed by atoms with van der Waals surface area (Å²) in [6.07, 6.45) is 0. The number of fused-ring (bicyclic) bond motifs is 1. The van der Waals surface area contributed by atoms with E-state index in [4.69, 9.17) is 0 Å². The van der Waals surface area contributed by atoms with Gasteiger partial charge in [-0.15, -0.1) is 0 Å². The van der Waals surface area contributed by atoms with Gasteiger partial charge in [0.1, 0.15) is 11.9 Å². The molecule has 30 heavy (non-hydrogen) atoms. The summed E-state index contributed by atoms with van der Waals surface area (Å²) in [7, 11) is 1.81. The lowest BCUT2D eigenvalue weighted by molar-refractivity contribution is -0.118. The molecule has 3 aromatic rings. The molecule has 4 rings (SSSR count). The lowest BCUT2D eigenvalue weighted by Gasteiger charge is -2.32. The van der Waals surface area contributed by atoms with E-state index < -0.39 is 6.04 Å². The first kappa shape index (κ1) is 19.9. The number of aryl methyl sites for hydroxylation is 2. The summed E-state index contributed by atoms with van der Waals surface area (Å²) >= 11 is 0. The topological polar surface area (TPSA) is 76.0 Å². The van der Waals surface area contributed by atoms with Crippen molar-refractivity contribution in [2.24, 2.45) is 7.05 Å². The summed E-state index contributed by atoms with van der Waals surface area (Å²) in [5.74, 6) is 0.257. The second kappa shape index (κ2) is 7.78. The minimum atomic E-state index is -0.738. The molecular weight excluding hydrogens is 376 g/mol. The Kier molecular flexibility index (Phi) is 5.16. The standard InChI is InChI=1S/C24H26N4O2/c1-14(2)16-10-12-17(13-11-16)20-19-15(3)27-28(4)22(19)26-24(30)21(20)25-23(29)18-8-6-5-7-9-18/h5-14,20-21H,1-4H3,(H,25,29)(H,26,30)/t20-,21+/m1/s1. The molecule has 0 saturated heterocycles. The molecule has 6 nitrogen and oxygen atoms in total. The molecule has 0 radical (unpaired) electrons. The fourth-order valence-electron chi connectivity index (χ4n) is 4.12. The van der Waals surface area contributed by atoms with Crippen LogP contribution in [-0.4, -0.2) is 27.6 Å². The van der Waals surface area contributed by atoms with E-state index in [9.17, 15) is 9.59 Å². The predicted molar refractivity (Wildman–Crippen MR) is 117 cm³/mol. The lowest BCUT2D eigenvalue weighted by Crippen LogP contribution is -2.50. The summed E-state index contributed by atoms with van der Waals surface area (Å²) in [6, 6.07) is 16.5. The highest BCUT2D eigenvalue weighted by atomic mass is 16.2. The Morgan fingerprint density at radius 3 is 2.40 bits per heavy atom. The van der Waals surface area contributed by atoms with Crippen molar-refractivity contribution in [3.8, 4) is 0 Å². The summed E-state index contributed by atoms with van der Waals surface area (Å²) in [6.45, 7) is 6.23. The Morgan fingerprint density at radius 2 is 1.77 bits per heavy atom. The van der Waals surface area contributed by atoms with Gasteiger partial charge in [0, 0.05) is 24.1 Å². The first-order valence-corrected chi connectivity index (χ1v) is 10.2. The fourth-order valence-corrected chi connectivity index (χ4v) is 4.12. The number of hydrogen-bond acceptors (Lipinski definition) is 3. The molecular formula is C24H26N4O2. The van der Waals surface area contributed by atoms with Crippen LogP contribution in [0.5, 0.6) is 0 Å². The van der Waals surface area contributed by atoms with Gasteiger partial charge in [-0.1, -0.05) is 56.3 Å². The van der Waals surface area contributed by atoms with Crippen molar-refractivity contribution in [1.29, 1.82) is 0 Å². The maximum Gasteiger partial charge on any atom is 0.251 e. The molecule has 2 heterocycles. The van der Waals surface area contributed by atoms with Crippen LogP contribution in [0.15, 0.2) is 54.6 Å². The van der Waals surface area contributed by atoms with Gasteiger partial charge in [0.15, 0.2) is 0 Å². The van der Waals surface area contributed by atoms with Gasteiger partial charge in [0.05, 0.1) is 5.69 Å². The summed E-state index contributed by atoms with van der Waals surface area (Å²) < 4.78 is 1.69. The van der Waals surface area contributed by atoms with Gasteiger partial charge in [0.25, 0.3) is 5.91 Å². The zero-order valence-electron chi connectivity index (χ0n) is 17.6. The first-order valence-electron chi connectivity index (χ1n) is 10.2. The average molecular weight is 402 g/mol. The van der Waals surface area contributed by atoms with Gasteiger partial charge < -0.3 is 10.6 Å². The first-order chi connectivity index (χ1) is 14.4. The number of aromatic nitrogens is 2. The number of rotatable bonds is 4. The van der Waals surface area contributed by atoms with Crippen LogP contribution >= 0.6 is 0 Å². The van der Waals surface area contributed by atoms with Gasteiger partial charge in [-0.25, -0.2) is 0 Å². The van der Waals surface area contributed by atoms with E-state index in [0.29, 0.717) is 17.3 Å². The van der Waals surface area contributed by atoms with E-state index in [1.54, 1.807) is 28.9 Å². The molecule has 0 aliphatic carbocycles. The van der Waals surface area contributed by atoms with Crippen LogP contribution in [-0.2, 0) is 11.8 Å². The minimum Gasteiger partial charge on any atom is -0.339 e. The normalized spacial score (nSPS) is 18.1. The van der Waals surface area contributed by atoms with E-state index >= 15 is 0 Å². The number of carbonyl (C=O) groups excluding carboxylic acids is 2. The molecule has 6 heteroatoms. The van der Waals surface area contributed by atoms with Crippen LogP contribution in [0.2, 0.25) is 0 Å². The van der Waals surface area contributed by atoms with Crippen molar-refractivity contribution in [1.82, 2.24) is 15.1 Å². The van der Waals surface area contributed by atoms with Gasteiger partial charge in [-0.2, -0.15) is 5.10 Å². The molecule has 0 spiro atoms. The molecule has 1 aliphatic rings. The van der Waals surface area contributed by atoms with Crippen molar-refractivity contribution in [3.63, 3.8) is 0 Å². The Bertz CT molecular complexity index is 1080. The lowest BCUT2D eigenvalue weighted by atomic mass is 9.81. The van der Waals surface area contributed by atoms with Gasteiger partial charge >= 0.3 is 0 Å². The number of benzene rings is 2. The van der Waals surface area contributed by atoms with Gasteiger partial charge in [-0.05, 0) is 36.1 Å². The Labute approximate surface area is 176 Å². The predicted octanol–water partition coefficient (Wildman–Crippen LogP) is 3.73. The second-order valence-electron chi connectivity index (χ2n) is 8.08. The number of hydrogen-bond donors (Lipinski definition) is 2. The van der Waals surface area contributed by atoms with Crippen molar-refractivity contribution in [2.75, 3.05) is 5.32 Å². The highest BCUT2D eigenvalue weighted by Gasteiger charge is 2.41. The highest BCUT2D eigenvalue weighted by Crippen LogP contribution is 2.39. The van der Waals surface area contributed by atoms with Gasteiger partial charge in [-0.3, -0.25) is 14.3 Å². The maximum atomic E-state index is 13.1. The van der Waals surface area contributed by atoms with E-state index in [0.717, 1.165) is 16.8 Å². The summed E-state index contributed by atoms with van der Waals surface area (Å²) in [5.41, 5.74) is 4.50. The number of nitrogens with zero attached hydrogens (tertiary/aromatic N) is 2. The summed E-state index contributed by atoms with van der Waals surface area (Å²) in [5, 5.41) is 10.4. The molecule has 0 unspecified atom stereocenters. The molecule has 154 valence electrons. The van der Waals surface area contributed by atoms with Crippen LogP contribution in [0.1, 0.15) is 58.4 Å². The zero-order chi connectivity index (χ0) is 21.4. The quantitative estimate of drug-likeness (QED) is 0.698. The molecule has 2 amide bonds. The molecule has 0 bridgehead atoms. The molecule has 2 atom stereocenters. The SMILES string of the molecule is Cc1nn(C)c2c1[C@@H](c1ccc(C(C)C)cc1)[C@H](NC(=O)c1ccccc1)C(=O)N2. The number of nitrogens with one attached hydrogen (secondary N) is 2. The van der Waals surface area contributed by atoms with Crippen molar-refractivity contribution >= 4 is 17.6 Å². The number of amides is 2. The van der Waals surface area contributed by atoms with E-state index in [-0.39, 0.29) is 17.7 Å². The zero-order valence-corrected chi connectivity index (χ0v) is 17.6. The highest BCUT2D eigenvalue weighted by molar-refractivity contribution is 6.03. The third-order valence-corrected chi connectivity index (χ3v) is 5.72. The van der Waals surface area contributed by atoms with Crippen LogP contribution in [0, 0.1) is 6.92 Å². The Balaban J connectivity index is 1.78. The van der Waals surface area contributed by atoms with Crippen LogP contribution < -0.4 is 10.6 Å². The molecule has 0 fully saturated rings. The van der Waals surface area contributed by atoms with E-state index in [2.05, 4.69) is 53.8 Å². The minimum absolute atomic E-state index is 0.243. The second-order valence-corrected chi connectivity index (χ2v) is 8.08. The van der Waals surface area contributed by atoms with Crippen molar-refractivity contribution < 1.29 is 9.59 Å². The number of anilines is 1. The molecule has 1 aromatic heterocycles. The molecule has 0 saturated carbocycles. The number of carbonyl (C=O) groups is 2. The molecule has 2 aromatic carbocycles. The fraction of sp³-hybridized carbons (Fsp3) is 0.292. The average Bonchev–Trinajstić information content (AvgIpc) is 3.02. The van der Waals surface area contributed by atoms with Crippen molar-refractivity contribution in [2.45, 2.75) is 38.6 Å². The summed E-state index contributed by atoms with van der Waals surface area (Å²) in [4.78, 5) is 25.9. The maximum absolute atomic E-state index is 13.1. The third-order valence-electron chi connectivity index (χ3n) is 5.72.